The van der Waals surface area contributed by atoms with Gasteiger partial charge < -0.3 is 30.7 Å². The van der Waals surface area contributed by atoms with E-state index in [-0.39, 0.29) is 34.7 Å². The molecule has 4 rings (SSSR count). The number of hydrogen-bond donors (Lipinski definition) is 4. The number of nitrogens with zero attached hydrogens (tertiary/aromatic N) is 2. The summed E-state index contributed by atoms with van der Waals surface area (Å²) in [5.41, 5.74) is 6.94. The summed E-state index contributed by atoms with van der Waals surface area (Å²) in [7, 11) is 7.12. The molecular formula is C29H39N3O7. The quantitative estimate of drug-likeness (QED) is 0.314. The van der Waals surface area contributed by atoms with E-state index in [1.54, 1.807) is 19.0 Å². The van der Waals surface area contributed by atoms with Crippen molar-refractivity contribution in [3.8, 4) is 5.75 Å². The van der Waals surface area contributed by atoms with Gasteiger partial charge in [-0.2, -0.15) is 0 Å². The Morgan fingerprint density at radius 3 is 2.28 bits per heavy atom. The summed E-state index contributed by atoms with van der Waals surface area (Å²) in [6, 6.07) is 1.07. The fraction of sp³-hybridized carbons (Fsp3) is 0.552. The fourth-order valence-corrected chi connectivity index (χ4v) is 6.34. The maximum Gasteiger partial charge on any atom is 0.255 e. The normalized spacial score (nSPS) is 25.0. The molecule has 10 heteroatoms. The van der Waals surface area contributed by atoms with Crippen LogP contribution in [0.2, 0.25) is 0 Å². The van der Waals surface area contributed by atoms with Crippen molar-refractivity contribution >= 4 is 28.9 Å². The molecule has 0 radical (unpaired) electrons. The summed E-state index contributed by atoms with van der Waals surface area (Å²) in [6.07, 6.45) is 0.652. The van der Waals surface area contributed by atoms with Crippen molar-refractivity contribution < 1.29 is 34.4 Å². The van der Waals surface area contributed by atoms with Crippen molar-refractivity contribution in [3.05, 3.63) is 39.7 Å². The van der Waals surface area contributed by atoms with Crippen LogP contribution in [0.25, 0.3) is 5.76 Å². The van der Waals surface area contributed by atoms with Gasteiger partial charge in [0.25, 0.3) is 5.91 Å². The third-order valence-electron chi connectivity index (χ3n) is 7.89. The monoisotopic (exact) mass is 541 g/mol. The number of nitrogens with two attached hydrogens (primary N) is 1. The van der Waals surface area contributed by atoms with Crippen molar-refractivity contribution in [1.29, 1.82) is 0 Å². The minimum atomic E-state index is -1.28. The van der Waals surface area contributed by atoms with Crippen LogP contribution < -0.4 is 10.6 Å². The summed E-state index contributed by atoms with van der Waals surface area (Å²) in [5, 5.41) is 33.7. The molecule has 212 valence electrons. The first-order valence-electron chi connectivity index (χ1n) is 13.1. The summed E-state index contributed by atoms with van der Waals surface area (Å²) < 4.78 is 5.85. The molecule has 3 unspecified atom stereocenters. The second-order valence-electron chi connectivity index (χ2n) is 12.5. The minimum Gasteiger partial charge on any atom is -0.510 e. The topological polar surface area (TPSA) is 154 Å². The Balaban J connectivity index is 1.85. The molecule has 5 N–H and O–H groups in total. The van der Waals surface area contributed by atoms with Crippen molar-refractivity contribution in [1.82, 2.24) is 4.90 Å². The number of primary amides is 1. The molecule has 1 aromatic carbocycles. The lowest BCUT2D eigenvalue weighted by molar-refractivity contribution is -0.136. The van der Waals surface area contributed by atoms with E-state index >= 15 is 0 Å². The van der Waals surface area contributed by atoms with Gasteiger partial charge in [-0.1, -0.05) is 20.8 Å². The number of aromatic hydroxyl groups is 1. The number of allylic oxidation sites excluding steroid dienone is 1. The molecule has 39 heavy (non-hydrogen) atoms. The summed E-state index contributed by atoms with van der Waals surface area (Å²) in [4.78, 5) is 42.9. The Morgan fingerprint density at radius 1 is 1.10 bits per heavy atom. The van der Waals surface area contributed by atoms with Gasteiger partial charge in [0.05, 0.1) is 30.7 Å². The zero-order valence-corrected chi connectivity index (χ0v) is 23.7. The number of benzene rings is 1. The lowest BCUT2D eigenvalue weighted by Crippen LogP contribution is -2.55. The maximum atomic E-state index is 13.9. The molecule has 1 fully saturated rings. The zero-order chi connectivity index (χ0) is 29.1. The van der Waals surface area contributed by atoms with Crippen LogP contribution in [-0.4, -0.2) is 78.5 Å². The predicted molar refractivity (Wildman–Crippen MR) is 146 cm³/mol. The van der Waals surface area contributed by atoms with E-state index in [0.29, 0.717) is 30.6 Å². The lowest BCUT2D eigenvalue weighted by Gasteiger charge is -2.46. The third-order valence-corrected chi connectivity index (χ3v) is 7.89. The van der Waals surface area contributed by atoms with E-state index in [9.17, 15) is 29.7 Å². The first-order chi connectivity index (χ1) is 18.1. The van der Waals surface area contributed by atoms with Crippen molar-refractivity contribution in [3.63, 3.8) is 0 Å². The van der Waals surface area contributed by atoms with Crippen molar-refractivity contribution in [2.24, 2.45) is 28.9 Å². The second-order valence-corrected chi connectivity index (χ2v) is 12.5. The molecule has 0 heterocycles. The number of carbonyl (C=O) groups is 3. The Labute approximate surface area is 228 Å². The Hall–Kier alpha value is -3.37. The number of hydrogen-bond acceptors (Lipinski definition) is 9. The number of carbonyl (C=O) groups excluding carboxylic acids is 3. The van der Waals surface area contributed by atoms with Crippen molar-refractivity contribution in [2.45, 2.75) is 46.3 Å². The van der Waals surface area contributed by atoms with Gasteiger partial charge in [-0.3, -0.25) is 19.3 Å². The number of aliphatic hydroxyl groups is 2. The lowest BCUT2D eigenvalue weighted by atomic mass is 9.59. The molecule has 1 amide bonds. The molecule has 10 nitrogen and oxygen atoms in total. The molecule has 0 saturated heterocycles. The van der Waals surface area contributed by atoms with E-state index < -0.39 is 52.6 Å². The van der Waals surface area contributed by atoms with Gasteiger partial charge in [0.15, 0.2) is 11.6 Å². The number of anilines is 1. The Morgan fingerprint density at radius 2 is 1.74 bits per heavy atom. The van der Waals surface area contributed by atoms with Gasteiger partial charge in [0.1, 0.15) is 22.8 Å². The average Bonchev–Trinajstić information content (AvgIpc) is 2.78. The number of Topliss-reactive ketones (excluding diaryl/α,β-unsaturated/α-hetero) is 2. The van der Waals surface area contributed by atoms with Crippen molar-refractivity contribution in [2.75, 3.05) is 39.7 Å². The zero-order valence-electron chi connectivity index (χ0n) is 23.7. The summed E-state index contributed by atoms with van der Waals surface area (Å²) in [5.74, 6) is -5.85. The number of ketones is 2. The van der Waals surface area contributed by atoms with Gasteiger partial charge in [-0.05, 0) is 55.8 Å². The van der Waals surface area contributed by atoms with Crippen LogP contribution in [0.15, 0.2) is 23.0 Å². The molecule has 0 aliphatic heterocycles. The number of fused-ring (bicyclic) bond motifs is 3. The second kappa shape index (κ2) is 9.98. The smallest absolute Gasteiger partial charge is 0.255 e. The summed E-state index contributed by atoms with van der Waals surface area (Å²) >= 11 is 0. The number of rotatable bonds is 6. The van der Waals surface area contributed by atoms with Gasteiger partial charge in [0.2, 0.25) is 0 Å². The maximum absolute atomic E-state index is 13.9. The van der Waals surface area contributed by atoms with Crippen LogP contribution in [0.4, 0.5) is 5.69 Å². The minimum absolute atomic E-state index is 0.0626. The predicted octanol–water partition coefficient (Wildman–Crippen LogP) is 2.48. The van der Waals surface area contributed by atoms with Gasteiger partial charge in [-0.25, -0.2) is 0 Å². The molecule has 1 aromatic rings. The fourth-order valence-electron chi connectivity index (χ4n) is 6.34. The highest BCUT2D eigenvalue weighted by Crippen LogP contribution is 2.52. The molecular weight excluding hydrogens is 502 g/mol. The van der Waals surface area contributed by atoms with Crippen LogP contribution in [0.3, 0.4) is 0 Å². The molecule has 0 aromatic heterocycles. The van der Waals surface area contributed by atoms with Gasteiger partial charge >= 0.3 is 0 Å². The Bertz CT molecular complexity index is 1300. The van der Waals surface area contributed by atoms with E-state index in [2.05, 4.69) is 0 Å². The van der Waals surface area contributed by atoms with E-state index in [4.69, 9.17) is 10.5 Å². The average molecular weight is 542 g/mol. The van der Waals surface area contributed by atoms with Crippen LogP contribution in [0, 0.1) is 23.2 Å². The number of phenols is 1. The molecule has 3 aliphatic rings. The number of phenolic OH excluding ortho intramolecular Hbond substituents is 1. The Kier molecular flexibility index (Phi) is 7.33. The van der Waals surface area contributed by atoms with Crippen LogP contribution >= 0.6 is 0 Å². The molecule has 1 saturated carbocycles. The molecule has 0 bridgehead atoms. The molecule has 3 aliphatic carbocycles. The number of aliphatic hydroxyl groups excluding tert-OH is 2. The van der Waals surface area contributed by atoms with Gasteiger partial charge in [0, 0.05) is 30.9 Å². The number of amides is 1. The largest absolute Gasteiger partial charge is 0.510 e. The summed E-state index contributed by atoms with van der Waals surface area (Å²) in [6.45, 7) is 6.67. The number of likely N-dealkylation sites (N-methyl/N-ethyl adjacent to an activating group) is 1. The molecule has 4 atom stereocenters. The standard InChI is InChI=1S/C29H39N3O7/c1-29(2,3)12-39-11-14-10-17(31(4)5)15-8-13-9-16-20(25(35)18(13)24(34)19(15)23(14)33)26(36)21(28(30)38)27(37)22(16)32(6)7/h10,13,16,20,22,33-34,37H,8-9,11-12H2,1-7H3,(H2,30,38)/t13?,16?,20?,22-/m0/s1. The highest BCUT2D eigenvalue weighted by molar-refractivity contribution is 6.28. The van der Waals surface area contributed by atoms with E-state index in [1.165, 1.54) is 0 Å². The van der Waals surface area contributed by atoms with Crippen LogP contribution in [0.1, 0.15) is 43.9 Å². The van der Waals surface area contributed by atoms with Gasteiger partial charge in [-0.15, -0.1) is 0 Å². The SMILES string of the molecule is CN(C)c1cc(COCC(C)(C)C)c(O)c2c1CC1CC3C(C(=O)C(C(N)=O)=C(O)[C@H]3N(C)C)C(=O)C1=C2O. The third kappa shape index (κ3) is 4.80. The van der Waals surface area contributed by atoms with Crippen LogP contribution in [0.5, 0.6) is 5.75 Å². The molecule has 0 spiro atoms. The first-order valence-corrected chi connectivity index (χ1v) is 13.1. The highest BCUT2D eigenvalue weighted by atomic mass is 16.5. The first kappa shape index (κ1) is 28.6. The van der Waals surface area contributed by atoms with Crippen LogP contribution in [-0.2, 0) is 32.1 Å². The van der Waals surface area contributed by atoms with E-state index in [1.807, 2.05) is 45.8 Å². The highest BCUT2D eigenvalue weighted by Gasteiger charge is 2.56. The number of ether oxygens (including phenoxy) is 1. The van der Waals surface area contributed by atoms with E-state index in [0.717, 1.165) is 5.69 Å².